The first-order valence-electron chi connectivity index (χ1n) is 8.27. The van der Waals surface area contributed by atoms with Gasteiger partial charge in [0.1, 0.15) is 0 Å². The van der Waals surface area contributed by atoms with E-state index >= 15 is 0 Å². The highest BCUT2D eigenvalue weighted by Gasteiger charge is 2.27. The number of carbonyl (C=O) groups is 2. The van der Waals surface area contributed by atoms with Gasteiger partial charge in [-0.25, -0.2) is 9.97 Å². The summed E-state index contributed by atoms with van der Waals surface area (Å²) in [4.78, 5) is 38.3. The molecule has 1 aliphatic rings. The van der Waals surface area contributed by atoms with Gasteiger partial charge >= 0.3 is 0 Å². The van der Waals surface area contributed by atoms with E-state index in [0.717, 1.165) is 0 Å². The van der Waals surface area contributed by atoms with Crippen molar-refractivity contribution in [3.05, 3.63) is 37.4 Å². The fourth-order valence-electron chi connectivity index (χ4n) is 2.84. The summed E-state index contributed by atoms with van der Waals surface area (Å²) in [5.41, 5.74) is 0. The number of nitrogens with zero attached hydrogens (tertiary/aromatic N) is 7. The summed E-state index contributed by atoms with van der Waals surface area (Å²) < 4.78 is 3.75. The molecule has 0 saturated carbocycles. The molecule has 0 bridgehead atoms. The number of rotatable bonds is 6. The largest absolute Gasteiger partial charge is 0.337 e. The van der Waals surface area contributed by atoms with E-state index in [2.05, 4.69) is 9.97 Å². The minimum atomic E-state index is 0.0349. The van der Waals surface area contributed by atoms with Crippen LogP contribution in [-0.4, -0.2) is 72.7 Å². The Balaban J connectivity index is 1.51. The first-order valence-corrected chi connectivity index (χ1v) is 8.27. The first-order chi connectivity index (χ1) is 12.1. The van der Waals surface area contributed by atoms with Gasteiger partial charge in [-0.1, -0.05) is 0 Å². The Bertz CT molecular complexity index is 625. The van der Waals surface area contributed by atoms with Crippen molar-refractivity contribution in [3.63, 3.8) is 0 Å². The second-order valence-electron chi connectivity index (χ2n) is 6.25. The van der Waals surface area contributed by atoms with E-state index in [-0.39, 0.29) is 11.8 Å². The van der Waals surface area contributed by atoms with Crippen LogP contribution in [-0.2, 0) is 22.7 Å². The predicted molar refractivity (Wildman–Crippen MR) is 89.7 cm³/mol. The van der Waals surface area contributed by atoms with Gasteiger partial charge in [0.2, 0.25) is 11.8 Å². The van der Waals surface area contributed by atoms with Gasteiger partial charge in [-0.3, -0.25) is 14.5 Å². The summed E-state index contributed by atoms with van der Waals surface area (Å²) in [7, 11) is 1.91. The van der Waals surface area contributed by atoms with E-state index in [4.69, 9.17) is 0 Å². The number of carbonyl (C=O) groups excluding carboxylic acids is 2. The highest BCUT2D eigenvalue weighted by Crippen LogP contribution is 2.10. The Morgan fingerprint density at radius 1 is 0.840 bits per heavy atom. The normalized spacial score (nSPS) is 15.6. The third kappa shape index (κ3) is 4.66. The molecule has 2 aromatic heterocycles. The van der Waals surface area contributed by atoms with Crippen LogP contribution in [0.5, 0.6) is 0 Å². The summed E-state index contributed by atoms with van der Waals surface area (Å²) in [5.74, 6) is 0.0697. The molecule has 0 unspecified atom stereocenters. The molecule has 134 valence electrons. The third-order valence-electron chi connectivity index (χ3n) is 4.16. The van der Waals surface area contributed by atoms with Crippen molar-refractivity contribution in [2.24, 2.45) is 0 Å². The monoisotopic (exact) mass is 345 g/mol. The standard InChI is InChI=1S/C16H23N7O2/c1-19-12-22(15(24)2-6-20-8-4-17-10-20)14-23(13-19)16(25)3-7-21-9-5-18-11-21/h4-5,8-11H,2-3,6-7,12-14H2,1H3. The number of hydrogen-bond acceptors (Lipinski definition) is 5. The number of aromatic nitrogens is 4. The molecule has 9 heteroatoms. The van der Waals surface area contributed by atoms with E-state index < -0.39 is 0 Å². The third-order valence-corrected chi connectivity index (χ3v) is 4.16. The minimum absolute atomic E-state index is 0.0349. The van der Waals surface area contributed by atoms with Crippen LogP contribution < -0.4 is 0 Å². The zero-order valence-corrected chi connectivity index (χ0v) is 14.4. The molecule has 2 amide bonds. The predicted octanol–water partition coefficient (Wildman–Crippen LogP) is 0.0351. The van der Waals surface area contributed by atoms with Crippen LogP contribution in [0.15, 0.2) is 37.4 Å². The van der Waals surface area contributed by atoms with Gasteiger partial charge in [0.05, 0.1) is 32.7 Å². The number of hydrogen-bond donors (Lipinski definition) is 0. The Morgan fingerprint density at radius 2 is 1.32 bits per heavy atom. The number of amides is 2. The molecule has 2 aromatic rings. The van der Waals surface area contributed by atoms with E-state index in [1.165, 1.54) is 0 Å². The van der Waals surface area contributed by atoms with E-state index in [1.807, 2.05) is 33.5 Å². The van der Waals surface area contributed by atoms with Crippen LogP contribution in [0.2, 0.25) is 0 Å². The fraction of sp³-hybridized carbons (Fsp3) is 0.500. The van der Waals surface area contributed by atoms with Gasteiger partial charge < -0.3 is 18.9 Å². The Labute approximate surface area is 146 Å². The molecule has 1 aliphatic heterocycles. The second-order valence-corrected chi connectivity index (χ2v) is 6.25. The highest BCUT2D eigenvalue weighted by molar-refractivity contribution is 5.79. The Morgan fingerprint density at radius 3 is 1.72 bits per heavy atom. The zero-order valence-electron chi connectivity index (χ0n) is 14.4. The van der Waals surface area contributed by atoms with Crippen molar-refractivity contribution in [1.82, 2.24) is 33.8 Å². The fourth-order valence-corrected chi connectivity index (χ4v) is 2.84. The molecule has 25 heavy (non-hydrogen) atoms. The van der Waals surface area contributed by atoms with Crippen molar-refractivity contribution >= 4 is 11.8 Å². The summed E-state index contributed by atoms with van der Waals surface area (Å²) in [6.07, 6.45) is 11.2. The molecule has 0 aliphatic carbocycles. The van der Waals surface area contributed by atoms with Gasteiger partial charge in [0, 0.05) is 50.7 Å². The summed E-state index contributed by atoms with van der Waals surface area (Å²) in [6, 6.07) is 0. The molecule has 0 aromatic carbocycles. The van der Waals surface area contributed by atoms with E-state index in [0.29, 0.717) is 45.9 Å². The van der Waals surface area contributed by atoms with Gasteiger partial charge in [0.15, 0.2) is 0 Å². The zero-order chi connectivity index (χ0) is 17.6. The van der Waals surface area contributed by atoms with Crippen LogP contribution >= 0.6 is 0 Å². The maximum absolute atomic E-state index is 12.5. The molecule has 0 atom stereocenters. The molecule has 0 radical (unpaired) electrons. The van der Waals surface area contributed by atoms with Gasteiger partial charge in [-0.05, 0) is 7.05 Å². The van der Waals surface area contributed by atoms with Crippen molar-refractivity contribution in [2.75, 3.05) is 27.1 Å². The molecule has 1 saturated heterocycles. The molecule has 0 spiro atoms. The quantitative estimate of drug-likeness (QED) is 0.738. The van der Waals surface area contributed by atoms with Crippen LogP contribution in [0, 0.1) is 0 Å². The van der Waals surface area contributed by atoms with Crippen molar-refractivity contribution < 1.29 is 9.59 Å². The lowest BCUT2D eigenvalue weighted by molar-refractivity contribution is -0.151. The second kappa shape index (κ2) is 7.93. The van der Waals surface area contributed by atoms with Crippen LogP contribution in [0.4, 0.5) is 0 Å². The number of imidazole rings is 2. The lowest BCUT2D eigenvalue weighted by Gasteiger charge is -2.40. The molecule has 0 N–H and O–H groups in total. The van der Waals surface area contributed by atoms with Crippen LogP contribution in [0.25, 0.3) is 0 Å². The van der Waals surface area contributed by atoms with E-state index in [9.17, 15) is 9.59 Å². The maximum atomic E-state index is 12.5. The highest BCUT2D eigenvalue weighted by atomic mass is 16.2. The molecular formula is C16H23N7O2. The Hall–Kier alpha value is -2.68. The van der Waals surface area contributed by atoms with Crippen LogP contribution in [0.1, 0.15) is 12.8 Å². The Kier molecular flexibility index (Phi) is 5.44. The lowest BCUT2D eigenvalue weighted by atomic mass is 10.3. The average Bonchev–Trinajstić information content (AvgIpc) is 3.30. The van der Waals surface area contributed by atoms with Crippen molar-refractivity contribution in [3.8, 4) is 0 Å². The van der Waals surface area contributed by atoms with Gasteiger partial charge in [-0.15, -0.1) is 0 Å². The first kappa shape index (κ1) is 17.2. The van der Waals surface area contributed by atoms with Crippen molar-refractivity contribution in [2.45, 2.75) is 25.9 Å². The van der Waals surface area contributed by atoms with Gasteiger partial charge in [-0.2, -0.15) is 0 Å². The number of aryl methyl sites for hydroxylation is 2. The van der Waals surface area contributed by atoms with Crippen LogP contribution in [0.3, 0.4) is 0 Å². The smallest absolute Gasteiger partial charge is 0.226 e. The molecular weight excluding hydrogens is 322 g/mol. The summed E-state index contributed by atoms with van der Waals surface area (Å²) in [6.45, 7) is 2.60. The topological polar surface area (TPSA) is 79.5 Å². The SMILES string of the molecule is CN1CN(C(=O)CCn2ccnc2)CN(C(=O)CCn2ccnc2)C1. The lowest BCUT2D eigenvalue weighted by Crippen LogP contribution is -2.57. The molecule has 9 nitrogen and oxygen atoms in total. The molecule has 3 rings (SSSR count). The molecule has 1 fully saturated rings. The van der Waals surface area contributed by atoms with E-state index in [1.54, 1.807) is 34.8 Å². The average molecular weight is 345 g/mol. The summed E-state index contributed by atoms with van der Waals surface area (Å²) >= 11 is 0. The minimum Gasteiger partial charge on any atom is -0.337 e. The molecule has 3 heterocycles. The van der Waals surface area contributed by atoms with Crippen molar-refractivity contribution in [1.29, 1.82) is 0 Å². The van der Waals surface area contributed by atoms with Gasteiger partial charge in [0.25, 0.3) is 0 Å². The summed E-state index contributed by atoms with van der Waals surface area (Å²) in [5, 5.41) is 0. The maximum Gasteiger partial charge on any atom is 0.226 e.